The molecule has 8 heteroatoms. The SMILES string of the molecule is O=C(c1cc[n+]([O-])cc1)N1CCN(C(=O)c2ccc3c(c2)OCO3)CC1. The Balaban J connectivity index is 1.39. The highest BCUT2D eigenvalue weighted by Crippen LogP contribution is 2.32. The van der Waals surface area contributed by atoms with Gasteiger partial charge in [0.2, 0.25) is 6.79 Å². The number of rotatable bonds is 2. The minimum atomic E-state index is -0.138. The van der Waals surface area contributed by atoms with Crippen LogP contribution in [0, 0.1) is 5.21 Å². The predicted octanol–water partition coefficient (Wildman–Crippen LogP) is 0.647. The predicted molar refractivity (Wildman–Crippen MR) is 89.8 cm³/mol. The number of hydrogen-bond acceptors (Lipinski definition) is 5. The van der Waals surface area contributed by atoms with E-state index in [2.05, 4.69) is 0 Å². The molecule has 8 nitrogen and oxygen atoms in total. The Morgan fingerprint density at radius 2 is 1.42 bits per heavy atom. The maximum absolute atomic E-state index is 12.7. The van der Waals surface area contributed by atoms with Crippen LogP contribution in [0.2, 0.25) is 0 Å². The van der Waals surface area contributed by atoms with Crippen LogP contribution < -0.4 is 14.2 Å². The molecule has 3 heterocycles. The molecular formula is C18H17N3O5. The molecule has 0 spiro atoms. The van der Waals surface area contributed by atoms with Gasteiger partial charge in [0.05, 0.1) is 5.56 Å². The van der Waals surface area contributed by atoms with E-state index in [1.807, 2.05) is 0 Å². The maximum Gasteiger partial charge on any atom is 0.254 e. The lowest BCUT2D eigenvalue weighted by molar-refractivity contribution is -0.605. The standard InChI is InChI=1S/C18H17N3O5/c22-17(13-3-5-21(24)6-4-13)19-7-9-20(10-8-19)18(23)14-1-2-15-16(11-14)26-12-25-15/h1-6,11H,7-10,12H2. The number of fused-ring (bicyclic) bond motifs is 1. The summed E-state index contributed by atoms with van der Waals surface area (Å²) in [6.45, 7) is 1.96. The van der Waals surface area contributed by atoms with Crippen molar-refractivity contribution in [3.63, 3.8) is 0 Å². The molecule has 4 rings (SSSR count). The molecule has 0 bridgehead atoms. The summed E-state index contributed by atoms with van der Waals surface area (Å²) in [5.41, 5.74) is 1.00. The highest BCUT2D eigenvalue weighted by molar-refractivity contribution is 5.96. The molecule has 0 saturated carbocycles. The van der Waals surface area contributed by atoms with Gasteiger partial charge in [-0.25, -0.2) is 0 Å². The summed E-state index contributed by atoms with van der Waals surface area (Å²) < 4.78 is 11.2. The first kappa shape index (κ1) is 16.2. The molecule has 1 saturated heterocycles. The second kappa shape index (κ2) is 6.55. The van der Waals surface area contributed by atoms with Crippen molar-refractivity contribution in [3.05, 3.63) is 59.1 Å². The largest absolute Gasteiger partial charge is 0.619 e. The van der Waals surface area contributed by atoms with Crippen LogP contribution in [-0.4, -0.2) is 54.6 Å². The molecule has 134 valence electrons. The fourth-order valence-electron chi connectivity index (χ4n) is 3.06. The van der Waals surface area contributed by atoms with Gasteiger partial charge in [0.1, 0.15) is 0 Å². The van der Waals surface area contributed by atoms with Crippen LogP contribution in [-0.2, 0) is 0 Å². The van der Waals surface area contributed by atoms with Gasteiger partial charge in [-0.1, -0.05) is 0 Å². The Hall–Kier alpha value is -3.29. The van der Waals surface area contributed by atoms with Crippen LogP contribution in [0.4, 0.5) is 0 Å². The van der Waals surface area contributed by atoms with E-state index in [-0.39, 0.29) is 18.6 Å². The first-order valence-corrected chi connectivity index (χ1v) is 8.29. The molecule has 2 aliphatic rings. The molecule has 1 fully saturated rings. The van der Waals surface area contributed by atoms with Crippen LogP contribution in [0.25, 0.3) is 0 Å². The highest BCUT2D eigenvalue weighted by Gasteiger charge is 2.26. The lowest BCUT2D eigenvalue weighted by Gasteiger charge is -2.34. The zero-order valence-electron chi connectivity index (χ0n) is 14.0. The third-order valence-electron chi connectivity index (χ3n) is 4.52. The number of piperazine rings is 1. The van der Waals surface area contributed by atoms with Crippen molar-refractivity contribution in [3.8, 4) is 11.5 Å². The van der Waals surface area contributed by atoms with E-state index in [0.29, 0.717) is 53.5 Å². The van der Waals surface area contributed by atoms with Crippen LogP contribution >= 0.6 is 0 Å². The van der Waals surface area contributed by atoms with E-state index >= 15 is 0 Å². The zero-order chi connectivity index (χ0) is 18.1. The average Bonchev–Trinajstić information content (AvgIpc) is 3.15. The topological polar surface area (TPSA) is 86.0 Å². The molecule has 0 aliphatic carbocycles. The van der Waals surface area contributed by atoms with E-state index in [1.54, 1.807) is 28.0 Å². The number of carbonyl (C=O) groups is 2. The van der Waals surface area contributed by atoms with Gasteiger partial charge in [-0.05, 0) is 18.2 Å². The van der Waals surface area contributed by atoms with Gasteiger partial charge < -0.3 is 24.5 Å². The molecule has 0 radical (unpaired) electrons. The summed E-state index contributed by atoms with van der Waals surface area (Å²) >= 11 is 0. The van der Waals surface area contributed by atoms with Crippen LogP contribution in [0.5, 0.6) is 11.5 Å². The van der Waals surface area contributed by atoms with Crippen molar-refractivity contribution in [2.24, 2.45) is 0 Å². The zero-order valence-corrected chi connectivity index (χ0v) is 14.0. The molecule has 0 atom stereocenters. The van der Waals surface area contributed by atoms with Crippen LogP contribution in [0.1, 0.15) is 20.7 Å². The van der Waals surface area contributed by atoms with Gasteiger partial charge in [0, 0.05) is 43.9 Å². The lowest BCUT2D eigenvalue weighted by atomic mass is 10.1. The number of carbonyl (C=O) groups excluding carboxylic acids is 2. The number of ether oxygens (including phenoxy) is 2. The van der Waals surface area contributed by atoms with E-state index in [1.165, 1.54) is 24.5 Å². The summed E-state index contributed by atoms with van der Waals surface area (Å²) in [7, 11) is 0. The van der Waals surface area contributed by atoms with Gasteiger partial charge in [-0.2, -0.15) is 4.73 Å². The average molecular weight is 355 g/mol. The van der Waals surface area contributed by atoms with E-state index in [4.69, 9.17) is 9.47 Å². The fraction of sp³-hybridized carbons (Fsp3) is 0.278. The quantitative estimate of drug-likeness (QED) is 0.583. The third kappa shape index (κ3) is 3.01. The van der Waals surface area contributed by atoms with Crippen molar-refractivity contribution in [2.75, 3.05) is 33.0 Å². The second-order valence-corrected chi connectivity index (χ2v) is 6.10. The number of hydrogen-bond donors (Lipinski definition) is 0. The van der Waals surface area contributed by atoms with E-state index in [9.17, 15) is 14.8 Å². The fourth-order valence-corrected chi connectivity index (χ4v) is 3.06. The molecule has 2 aromatic rings. The van der Waals surface area contributed by atoms with Gasteiger partial charge in [0.25, 0.3) is 11.8 Å². The number of aromatic nitrogens is 1. The molecule has 1 aromatic heterocycles. The number of benzene rings is 1. The monoisotopic (exact) mass is 355 g/mol. The summed E-state index contributed by atoms with van der Waals surface area (Å²) in [4.78, 5) is 28.5. The van der Waals surface area contributed by atoms with Crippen LogP contribution in [0.3, 0.4) is 0 Å². The maximum atomic E-state index is 12.7. The normalized spacial score (nSPS) is 15.8. The van der Waals surface area contributed by atoms with Crippen molar-refractivity contribution in [2.45, 2.75) is 0 Å². The van der Waals surface area contributed by atoms with Gasteiger partial charge in [-0.15, -0.1) is 0 Å². The van der Waals surface area contributed by atoms with E-state index in [0.717, 1.165) is 0 Å². The minimum absolute atomic E-state index is 0.0949. The summed E-state index contributed by atoms with van der Waals surface area (Å²) in [5.74, 6) is 0.979. The molecule has 1 aromatic carbocycles. The van der Waals surface area contributed by atoms with Gasteiger partial charge in [0.15, 0.2) is 23.9 Å². The van der Waals surface area contributed by atoms with E-state index < -0.39 is 0 Å². The van der Waals surface area contributed by atoms with Gasteiger partial charge >= 0.3 is 0 Å². The molecule has 2 aliphatic heterocycles. The first-order chi connectivity index (χ1) is 12.6. The number of nitrogens with zero attached hydrogens (tertiary/aromatic N) is 3. The summed E-state index contributed by atoms with van der Waals surface area (Å²) in [6.07, 6.45) is 2.60. The molecular weight excluding hydrogens is 338 g/mol. The Labute approximate surface area is 149 Å². The van der Waals surface area contributed by atoms with Crippen molar-refractivity contribution in [1.82, 2.24) is 9.80 Å². The second-order valence-electron chi connectivity index (χ2n) is 6.10. The smallest absolute Gasteiger partial charge is 0.254 e. The Kier molecular flexibility index (Phi) is 4.08. The molecule has 0 N–H and O–H groups in total. The Bertz CT molecular complexity index is 844. The van der Waals surface area contributed by atoms with Crippen molar-refractivity contribution >= 4 is 11.8 Å². The molecule has 0 unspecified atom stereocenters. The van der Waals surface area contributed by atoms with Crippen LogP contribution in [0.15, 0.2) is 42.7 Å². The van der Waals surface area contributed by atoms with Gasteiger partial charge in [-0.3, -0.25) is 9.59 Å². The Morgan fingerprint density at radius 1 is 0.846 bits per heavy atom. The summed E-state index contributed by atoms with van der Waals surface area (Å²) in [5, 5.41) is 11.1. The third-order valence-corrected chi connectivity index (χ3v) is 4.52. The first-order valence-electron chi connectivity index (χ1n) is 8.29. The van der Waals surface area contributed by atoms with Crippen molar-refractivity contribution in [1.29, 1.82) is 0 Å². The lowest BCUT2D eigenvalue weighted by Crippen LogP contribution is -2.50. The molecule has 2 amide bonds. The number of pyridine rings is 1. The molecule has 26 heavy (non-hydrogen) atoms. The Morgan fingerprint density at radius 3 is 2.08 bits per heavy atom. The number of amides is 2. The minimum Gasteiger partial charge on any atom is -0.619 e. The summed E-state index contributed by atoms with van der Waals surface area (Å²) in [6, 6.07) is 8.13. The van der Waals surface area contributed by atoms with Crippen molar-refractivity contribution < 1.29 is 23.8 Å². The highest BCUT2D eigenvalue weighted by atomic mass is 16.7.